The Labute approximate surface area is 154 Å². The SMILES string of the molecule is C#CC=Nc1c(C(N)=Nc2ccc(F)c(F)c2)ccnc1-c1cn(C)cn1. The van der Waals surface area contributed by atoms with Crippen LogP contribution in [0.2, 0.25) is 0 Å². The normalized spacial score (nSPS) is 11.7. The van der Waals surface area contributed by atoms with Gasteiger partial charge in [0.2, 0.25) is 0 Å². The maximum Gasteiger partial charge on any atom is 0.160 e. The first-order valence-electron chi connectivity index (χ1n) is 7.75. The highest BCUT2D eigenvalue weighted by Gasteiger charge is 2.15. The lowest BCUT2D eigenvalue weighted by molar-refractivity contribution is 0.509. The molecule has 134 valence electrons. The third-order valence-electron chi connectivity index (χ3n) is 3.57. The van der Waals surface area contributed by atoms with Crippen LogP contribution < -0.4 is 5.73 Å². The molecule has 27 heavy (non-hydrogen) atoms. The molecule has 0 saturated heterocycles. The number of nitrogens with zero attached hydrogens (tertiary/aromatic N) is 5. The number of nitrogens with two attached hydrogens (primary N) is 1. The number of halogens is 2. The molecule has 0 spiro atoms. The van der Waals surface area contributed by atoms with Gasteiger partial charge in [0.15, 0.2) is 11.6 Å². The lowest BCUT2D eigenvalue weighted by Gasteiger charge is -2.09. The highest BCUT2D eigenvalue weighted by Crippen LogP contribution is 2.31. The fourth-order valence-corrected chi connectivity index (χ4v) is 2.37. The molecule has 0 amide bonds. The number of aromatic nitrogens is 3. The van der Waals surface area contributed by atoms with Gasteiger partial charge in [-0.3, -0.25) is 4.98 Å². The standard InChI is InChI=1S/C19H14F2N6/c1-3-7-23-17-13(6-8-24-18(17)16-10-27(2)11-25-16)19(22)26-12-4-5-14(20)15(21)9-12/h1,4-11H,2H3,(H2,22,26). The summed E-state index contributed by atoms with van der Waals surface area (Å²) < 4.78 is 28.3. The second-order valence-corrected chi connectivity index (χ2v) is 5.50. The first-order valence-corrected chi connectivity index (χ1v) is 7.75. The van der Waals surface area contributed by atoms with Crippen molar-refractivity contribution < 1.29 is 8.78 Å². The number of hydrogen-bond acceptors (Lipinski definition) is 4. The number of pyridine rings is 1. The smallest absolute Gasteiger partial charge is 0.160 e. The van der Waals surface area contributed by atoms with Crippen LogP contribution in [0.3, 0.4) is 0 Å². The largest absolute Gasteiger partial charge is 0.383 e. The van der Waals surface area contributed by atoms with Gasteiger partial charge in [0.05, 0.1) is 18.2 Å². The molecule has 0 aliphatic heterocycles. The summed E-state index contributed by atoms with van der Waals surface area (Å²) in [5.41, 5.74) is 8.10. The van der Waals surface area contributed by atoms with Gasteiger partial charge < -0.3 is 10.3 Å². The Balaban J connectivity index is 2.14. The van der Waals surface area contributed by atoms with Gasteiger partial charge in [-0.1, -0.05) is 5.92 Å². The first-order chi connectivity index (χ1) is 13.0. The number of rotatable bonds is 4. The van der Waals surface area contributed by atoms with E-state index in [2.05, 4.69) is 25.9 Å². The minimum atomic E-state index is -1.02. The van der Waals surface area contributed by atoms with E-state index < -0.39 is 11.6 Å². The van der Waals surface area contributed by atoms with E-state index in [4.69, 9.17) is 12.2 Å². The van der Waals surface area contributed by atoms with Crippen LogP contribution in [0.1, 0.15) is 5.56 Å². The topological polar surface area (TPSA) is 81.5 Å². The van der Waals surface area contributed by atoms with E-state index in [1.165, 1.54) is 18.5 Å². The van der Waals surface area contributed by atoms with Gasteiger partial charge in [-0.25, -0.2) is 23.7 Å². The van der Waals surface area contributed by atoms with E-state index in [1.807, 2.05) is 7.05 Å². The van der Waals surface area contributed by atoms with Crippen molar-refractivity contribution in [2.75, 3.05) is 0 Å². The van der Waals surface area contributed by atoms with E-state index in [-0.39, 0.29) is 11.5 Å². The fourth-order valence-electron chi connectivity index (χ4n) is 2.37. The highest BCUT2D eigenvalue weighted by molar-refractivity contribution is 6.05. The molecule has 0 unspecified atom stereocenters. The number of aryl methyl sites for hydroxylation is 1. The third kappa shape index (κ3) is 3.88. The Morgan fingerprint density at radius 3 is 2.74 bits per heavy atom. The van der Waals surface area contributed by atoms with Crippen LogP contribution in [-0.2, 0) is 7.05 Å². The molecule has 6 nitrogen and oxygen atoms in total. The van der Waals surface area contributed by atoms with Crippen LogP contribution in [-0.4, -0.2) is 26.6 Å². The van der Waals surface area contributed by atoms with Crippen LogP contribution in [0, 0.1) is 24.0 Å². The van der Waals surface area contributed by atoms with Crippen LogP contribution in [0.15, 0.2) is 53.0 Å². The minimum Gasteiger partial charge on any atom is -0.383 e. The van der Waals surface area contributed by atoms with E-state index >= 15 is 0 Å². The number of aliphatic imine (C=N–C) groups is 2. The van der Waals surface area contributed by atoms with Crippen molar-refractivity contribution in [2.45, 2.75) is 0 Å². The lowest BCUT2D eigenvalue weighted by atomic mass is 10.1. The van der Waals surface area contributed by atoms with Gasteiger partial charge in [0.1, 0.15) is 22.9 Å². The number of amidine groups is 1. The molecule has 8 heteroatoms. The summed E-state index contributed by atoms with van der Waals surface area (Å²) in [5.74, 6) is 0.379. The van der Waals surface area contributed by atoms with Crippen LogP contribution in [0.25, 0.3) is 11.4 Å². The Bertz CT molecular complexity index is 1090. The molecule has 3 rings (SSSR count). The van der Waals surface area contributed by atoms with Crippen molar-refractivity contribution in [1.82, 2.24) is 14.5 Å². The minimum absolute atomic E-state index is 0.0461. The molecule has 0 aliphatic carbocycles. The monoisotopic (exact) mass is 364 g/mol. The molecule has 2 heterocycles. The molecule has 2 N–H and O–H groups in total. The molecule has 1 aromatic carbocycles. The highest BCUT2D eigenvalue weighted by atomic mass is 19.2. The molecule has 0 fully saturated rings. The van der Waals surface area contributed by atoms with Gasteiger partial charge in [0.25, 0.3) is 0 Å². The first kappa shape index (κ1) is 17.9. The molecular weight excluding hydrogens is 350 g/mol. The number of benzene rings is 1. The van der Waals surface area contributed by atoms with Gasteiger partial charge in [-0.15, -0.1) is 6.42 Å². The van der Waals surface area contributed by atoms with Gasteiger partial charge in [0, 0.05) is 31.1 Å². The second-order valence-electron chi connectivity index (χ2n) is 5.50. The van der Waals surface area contributed by atoms with Gasteiger partial charge in [-0.05, 0) is 18.2 Å². The Hall–Kier alpha value is -3.86. The number of hydrogen-bond donors (Lipinski definition) is 1. The number of imidazole rings is 1. The molecular formula is C19H14F2N6. The lowest BCUT2D eigenvalue weighted by Crippen LogP contribution is -2.14. The predicted octanol–water partition coefficient (Wildman–Crippen LogP) is 3.13. The van der Waals surface area contributed by atoms with Crippen molar-refractivity contribution in [3.63, 3.8) is 0 Å². The third-order valence-corrected chi connectivity index (χ3v) is 3.57. The van der Waals surface area contributed by atoms with Gasteiger partial charge >= 0.3 is 0 Å². The molecule has 0 aliphatic rings. The fraction of sp³-hybridized carbons (Fsp3) is 0.0526. The summed E-state index contributed by atoms with van der Waals surface area (Å²) in [6, 6.07) is 4.85. The van der Waals surface area contributed by atoms with Crippen molar-refractivity contribution in [2.24, 2.45) is 22.8 Å². The Kier molecular flexibility index (Phi) is 5.04. The zero-order valence-corrected chi connectivity index (χ0v) is 14.3. The summed E-state index contributed by atoms with van der Waals surface area (Å²) in [4.78, 5) is 17.0. The summed E-state index contributed by atoms with van der Waals surface area (Å²) in [7, 11) is 1.82. The van der Waals surface area contributed by atoms with Crippen LogP contribution in [0.5, 0.6) is 0 Å². The zero-order valence-electron chi connectivity index (χ0n) is 14.3. The summed E-state index contributed by atoms with van der Waals surface area (Å²) in [6.07, 6.45) is 11.5. The van der Waals surface area contributed by atoms with E-state index in [1.54, 1.807) is 23.2 Å². The van der Waals surface area contributed by atoms with Crippen molar-refractivity contribution in [3.05, 3.63) is 60.2 Å². The molecule has 0 atom stereocenters. The zero-order chi connectivity index (χ0) is 19.4. The summed E-state index contributed by atoms with van der Waals surface area (Å²) in [6.45, 7) is 0. The van der Waals surface area contributed by atoms with Crippen LogP contribution >= 0.6 is 0 Å². The quantitative estimate of drug-likeness (QED) is 0.439. The van der Waals surface area contributed by atoms with E-state index in [0.29, 0.717) is 22.6 Å². The molecule has 0 bridgehead atoms. The maximum absolute atomic E-state index is 13.4. The number of terminal acetylenes is 1. The van der Waals surface area contributed by atoms with E-state index in [9.17, 15) is 8.78 Å². The summed E-state index contributed by atoms with van der Waals surface area (Å²) in [5, 5.41) is 0. The summed E-state index contributed by atoms with van der Waals surface area (Å²) >= 11 is 0. The van der Waals surface area contributed by atoms with Crippen LogP contribution in [0.4, 0.5) is 20.2 Å². The average Bonchev–Trinajstić information content (AvgIpc) is 3.09. The predicted molar refractivity (Wildman–Crippen MR) is 100 cm³/mol. The van der Waals surface area contributed by atoms with E-state index in [0.717, 1.165) is 12.1 Å². The Morgan fingerprint density at radius 1 is 1.26 bits per heavy atom. The average molecular weight is 364 g/mol. The maximum atomic E-state index is 13.4. The van der Waals surface area contributed by atoms with Crippen molar-refractivity contribution in [3.8, 4) is 23.7 Å². The van der Waals surface area contributed by atoms with Crippen molar-refractivity contribution in [1.29, 1.82) is 0 Å². The second kappa shape index (κ2) is 7.58. The molecule has 2 aromatic heterocycles. The molecule has 3 aromatic rings. The molecule has 0 saturated carbocycles. The van der Waals surface area contributed by atoms with Crippen molar-refractivity contribution >= 4 is 23.4 Å². The Morgan fingerprint density at radius 2 is 2.07 bits per heavy atom. The molecule has 0 radical (unpaired) electrons. The van der Waals surface area contributed by atoms with Gasteiger partial charge in [-0.2, -0.15) is 0 Å².